The van der Waals surface area contributed by atoms with Gasteiger partial charge in [-0.1, -0.05) is 19.1 Å². The van der Waals surface area contributed by atoms with E-state index in [0.717, 1.165) is 6.54 Å². The van der Waals surface area contributed by atoms with Crippen molar-refractivity contribution in [2.24, 2.45) is 0 Å². The number of sulfonamides is 1. The lowest BCUT2D eigenvalue weighted by Gasteiger charge is -2.24. The fourth-order valence-electron chi connectivity index (χ4n) is 1.97. The third-order valence-electron chi connectivity index (χ3n) is 2.90. The number of nitrogens with one attached hydrogen (secondary N) is 2. The molecule has 0 amide bonds. The highest BCUT2D eigenvalue weighted by Crippen LogP contribution is 2.23. The van der Waals surface area contributed by atoms with Crippen LogP contribution in [-0.4, -0.2) is 47.4 Å². The molecule has 0 aromatic heterocycles. The van der Waals surface area contributed by atoms with E-state index >= 15 is 0 Å². The van der Waals surface area contributed by atoms with Crippen LogP contribution in [0.1, 0.15) is 6.92 Å². The molecule has 7 heteroatoms. The molecule has 0 radical (unpaired) electrons. The molecule has 1 aliphatic heterocycles. The van der Waals surface area contributed by atoms with Crippen LogP contribution >= 0.6 is 0 Å². The summed E-state index contributed by atoms with van der Waals surface area (Å²) >= 11 is 0. The van der Waals surface area contributed by atoms with Gasteiger partial charge < -0.3 is 14.8 Å². The largest absolute Gasteiger partial charge is 0.489 e. The van der Waals surface area contributed by atoms with E-state index in [0.29, 0.717) is 32.1 Å². The first-order valence-electron chi connectivity index (χ1n) is 6.67. The molecule has 1 atom stereocenters. The fraction of sp³-hybridized carbons (Fsp3) is 0.538. The van der Waals surface area contributed by atoms with Gasteiger partial charge in [0.1, 0.15) is 23.4 Å². The number of morpholine rings is 1. The summed E-state index contributed by atoms with van der Waals surface area (Å²) in [6.07, 6.45) is -0.0568. The second kappa shape index (κ2) is 7.03. The van der Waals surface area contributed by atoms with Crippen molar-refractivity contribution in [3.05, 3.63) is 24.3 Å². The normalized spacial score (nSPS) is 19.8. The topological polar surface area (TPSA) is 76.7 Å². The van der Waals surface area contributed by atoms with Crippen LogP contribution in [0, 0.1) is 0 Å². The lowest BCUT2D eigenvalue weighted by Crippen LogP contribution is -2.41. The van der Waals surface area contributed by atoms with Gasteiger partial charge in [0, 0.05) is 19.6 Å². The maximum atomic E-state index is 12.1. The summed E-state index contributed by atoms with van der Waals surface area (Å²) in [6.45, 7) is 4.59. The first-order chi connectivity index (χ1) is 9.63. The second-order valence-electron chi connectivity index (χ2n) is 4.46. The van der Waals surface area contributed by atoms with Crippen LogP contribution < -0.4 is 14.8 Å². The van der Waals surface area contributed by atoms with Crippen LogP contribution in [0.4, 0.5) is 0 Å². The SMILES string of the molecule is CCNS(=O)(=O)c1ccccc1OCC1CNCCO1. The Kier molecular flexibility index (Phi) is 5.36. The zero-order valence-corrected chi connectivity index (χ0v) is 12.3. The van der Waals surface area contributed by atoms with Gasteiger partial charge in [-0.2, -0.15) is 0 Å². The molecule has 0 bridgehead atoms. The third kappa shape index (κ3) is 3.92. The molecular formula is C13H20N2O4S. The number of hydrogen-bond donors (Lipinski definition) is 2. The Balaban J connectivity index is 2.07. The van der Waals surface area contributed by atoms with E-state index in [4.69, 9.17) is 9.47 Å². The van der Waals surface area contributed by atoms with Gasteiger partial charge in [0.15, 0.2) is 0 Å². The quantitative estimate of drug-likeness (QED) is 0.793. The molecule has 1 aliphatic rings. The molecular weight excluding hydrogens is 280 g/mol. The van der Waals surface area contributed by atoms with Crippen molar-refractivity contribution in [3.63, 3.8) is 0 Å². The molecule has 1 aromatic carbocycles. The van der Waals surface area contributed by atoms with Crippen molar-refractivity contribution in [1.82, 2.24) is 10.0 Å². The molecule has 2 N–H and O–H groups in total. The third-order valence-corrected chi connectivity index (χ3v) is 4.49. The average Bonchev–Trinajstić information content (AvgIpc) is 2.46. The van der Waals surface area contributed by atoms with E-state index < -0.39 is 10.0 Å². The van der Waals surface area contributed by atoms with Crippen molar-refractivity contribution in [3.8, 4) is 5.75 Å². The first kappa shape index (κ1) is 15.2. The Bertz CT molecular complexity index is 527. The maximum Gasteiger partial charge on any atom is 0.244 e. The Hall–Kier alpha value is -1.15. The summed E-state index contributed by atoms with van der Waals surface area (Å²) in [5.41, 5.74) is 0. The minimum Gasteiger partial charge on any atom is -0.489 e. The molecule has 112 valence electrons. The average molecular weight is 300 g/mol. The summed E-state index contributed by atoms with van der Waals surface area (Å²) in [4.78, 5) is 0.158. The first-order valence-corrected chi connectivity index (χ1v) is 8.15. The molecule has 1 saturated heterocycles. The number of para-hydroxylation sites is 1. The zero-order chi connectivity index (χ0) is 14.4. The fourth-order valence-corrected chi connectivity index (χ4v) is 3.15. The smallest absolute Gasteiger partial charge is 0.244 e. The van der Waals surface area contributed by atoms with Gasteiger partial charge in [-0.05, 0) is 12.1 Å². The van der Waals surface area contributed by atoms with E-state index in [1.165, 1.54) is 6.07 Å². The monoisotopic (exact) mass is 300 g/mol. The molecule has 0 spiro atoms. The van der Waals surface area contributed by atoms with Gasteiger partial charge in [0.25, 0.3) is 0 Å². The molecule has 1 aromatic rings. The summed E-state index contributed by atoms with van der Waals surface area (Å²) in [5, 5.41) is 3.20. The molecule has 1 fully saturated rings. The van der Waals surface area contributed by atoms with Gasteiger partial charge in [-0.3, -0.25) is 0 Å². The van der Waals surface area contributed by atoms with Crippen LogP contribution in [-0.2, 0) is 14.8 Å². The number of hydrogen-bond acceptors (Lipinski definition) is 5. The van der Waals surface area contributed by atoms with Crippen LogP contribution in [0.15, 0.2) is 29.2 Å². The van der Waals surface area contributed by atoms with E-state index in [-0.39, 0.29) is 11.0 Å². The van der Waals surface area contributed by atoms with Crippen LogP contribution in [0.5, 0.6) is 5.75 Å². The van der Waals surface area contributed by atoms with Gasteiger partial charge >= 0.3 is 0 Å². The lowest BCUT2D eigenvalue weighted by atomic mass is 10.3. The van der Waals surface area contributed by atoms with Crippen molar-refractivity contribution in [1.29, 1.82) is 0 Å². The minimum absolute atomic E-state index is 0.0568. The Morgan fingerprint density at radius 2 is 2.25 bits per heavy atom. The number of rotatable bonds is 6. The van der Waals surface area contributed by atoms with Crippen molar-refractivity contribution >= 4 is 10.0 Å². The van der Waals surface area contributed by atoms with E-state index in [1.54, 1.807) is 25.1 Å². The van der Waals surface area contributed by atoms with E-state index in [9.17, 15) is 8.42 Å². The molecule has 6 nitrogen and oxygen atoms in total. The lowest BCUT2D eigenvalue weighted by molar-refractivity contribution is -0.000405. The summed E-state index contributed by atoms with van der Waals surface area (Å²) in [7, 11) is -3.53. The second-order valence-corrected chi connectivity index (χ2v) is 6.19. The van der Waals surface area contributed by atoms with Crippen molar-refractivity contribution < 1.29 is 17.9 Å². The van der Waals surface area contributed by atoms with E-state index in [1.807, 2.05) is 0 Å². The summed E-state index contributed by atoms with van der Waals surface area (Å²) in [5.74, 6) is 0.350. The summed E-state index contributed by atoms with van der Waals surface area (Å²) < 4.78 is 37.7. The van der Waals surface area contributed by atoms with Gasteiger partial charge in [0.2, 0.25) is 10.0 Å². The van der Waals surface area contributed by atoms with Crippen LogP contribution in [0.3, 0.4) is 0 Å². The maximum absolute atomic E-state index is 12.1. The molecule has 1 unspecified atom stereocenters. The standard InChI is InChI=1S/C13H20N2O4S/c1-2-15-20(16,17)13-6-4-3-5-12(13)19-10-11-9-14-7-8-18-11/h3-6,11,14-15H,2,7-10H2,1H3. The molecule has 20 heavy (non-hydrogen) atoms. The predicted octanol–water partition coefficient (Wildman–Crippen LogP) is 0.352. The number of ether oxygens (including phenoxy) is 2. The highest BCUT2D eigenvalue weighted by atomic mass is 32.2. The Morgan fingerprint density at radius 1 is 1.45 bits per heavy atom. The predicted molar refractivity (Wildman–Crippen MR) is 75.4 cm³/mol. The van der Waals surface area contributed by atoms with Crippen molar-refractivity contribution in [2.75, 3.05) is 32.8 Å². The van der Waals surface area contributed by atoms with E-state index in [2.05, 4.69) is 10.0 Å². The zero-order valence-electron chi connectivity index (χ0n) is 11.5. The molecule has 0 saturated carbocycles. The Labute approximate surface area is 119 Å². The molecule has 2 rings (SSSR count). The molecule has 1 heterocycles. The van der Waals surface area contributed by atoms with Crippen LogP contribution in [0.25, 0.3) is 0 Å². The Morgan fingerprint density at radius 3 is 2.95 bits per heavy atom. The highest BCUT2D eigenvalue weighted by Gasteiger charge is 2.20. The number of benzene rings is 1. The van der Waals surface area contributed by atoms with Gasteiger partial charge in [0.05, 0.1) is 6.61 Å². The van der Waals surface area contributed by atoms with Crippen LogP contribution in [0.2, 0.25) is 0 Å². The highest BCUT2D eigenvalue weighted by molar-refractivity contribution is 7.89. The minimum atomic E-state index is -3.53. The molecule has 0 aliphatic carbocycles. The summed E-state index contributed by atoms with van der Waals surface area (Å²) in [6, 6.07) is 6.61. The van der Waals surface area contributed by atoms with Gasteiger partial charge in [-0.25, -0.2) is 13.1 Å². The van der Waals surface area contributed by atoms with Gasteiger partial charge in [-0.15, -0.1) is 0 Å². The van der Waals surface area contributed by atoms with Crippen molar-refractivity contribution in [2.45, 2.75) is 17.9 Å².